The molecule has 4 heteroatoms. The molecule has 0 aliphatic carbocycles. The highest BCUT2D eigenvalue weighted by atomic mass is 15.2. The molecule has 1 aromatic rings. The molecular formula is C22H44N4. The lowest BCUT2D eigenvalue weighted by Gasteiger charge is -2.38. The van der Waals surface area contributed by atoms with Gasteiger partial charge in [0.05, 0.1) is 0 Å². The monoisotopic (exact) mass is 364 g/mol. The van der Waals surface area contributed by atoms with Crippen LogP contribution in [0.4, 0.5) is 5.82 Å². The lowest BCUT2D eigenvalue weighted by Crippen LogP contribution is -2.47. The fraction of sp³-hybridized carbons (Fsp3) is 0.773. The summed E-state index contributed by atoms with van der Waals surface area (Å²) >= 11 is 0. The number of likely N-dealkylation sites (N-methyl/N-ethyl adjacent to an activating group) is 1. The molecular weight excluding hydrogens is 320 g/mol. The molecule has 152 valence electrons. The van der Waals surface area contributed by atoms with Crippen molar-refractivity contribution in [2.75, 3.05) is 57.8 Å². The summed E-state index contributed by atoms with van der Waals surface area (Å²) in [5.74, 6) is 2.02. The van der Waals surface area contributed by atoms with E-state index in [4.69, 9.17) is 0 Å². The van der Waals surface area contributed by atoms with Gasteiger partial charge in [0.25, 0.3) is 0 Å². The zero-order valence-corrected chi connectivity index (χ0v) is 18.5. The second-order valence-corrected chi connectivity index (χ2v) is 6.22. The van der Waals surface area contributed by atoms with E-state index in [-0.39, 0.29) is 0 Å². The first-order valence-electron chi connectivity index (χ1n) is 10.9. The number of piperidine rings is 1. The van der Waals surface area contributed by atoms with Crippen molar-refractivity contribution in [2.24, 2.45) is 5.92 Å². The highest BCUT2D eigenvalue weighted by molar-refractivity contribution is 5.37. The van der Waals surface area contributed by atoms with E-state index < -0.39 is 0 Å². The molecule has 0 bridgehead atoms. The van der Waals surface area contributed by atoms with Crippen LogP contribution in [-0.2, 0) is 0 Å². The Morgan fingerprint density at radius 3 is 1.92 bits per heavy atom. The van der Waals surface area contributed by atoms with Gasteiger partial charge in [-0.2, -0.15) is 0 Å². The molecule has 2 aliphatic heterocycles. The third kappa shape index (κ3) is 9.00. The molecule has 0 radical (unpaired) electrons. The van der Waals surface area contributed by atoms with Crippen molar-refractivity contribution in [3.8, 4) is 0 Å². The number of hydrogen-bond acceptors (Lipinski definition) is 4. The first-order chi connectivity index (χ1) is 12.8. The Balaban J connectivity index is 0.000000948. The quantitative estimate of drug-likeness (QED) is 0.780. The van der Waals surface area contributed by atoms with Crippen molar-refractivity contribution in [2.45, 2.75) is 54.4 Å². The predicted octanol–water partition coefficient (Wildman–Crippen LogP) is 4.62. The van der Waals surface area contributed by atoms with Crippen LogP contribution in [0.2, 0.25) is 0 Å². The van der Waals surface area contributed by atoms with E-state index in [0.717, 1.165) is 24.8 Å². The van der Waals surface area contributed by atoms with Crippen LogP contribution in [0.3, 0.4) is 0 Å². The maximum atomic E-state index is 4.46. The van der Waals surface area contributed by atoms with Crippen LogP contribution in [0.15, 0.2) is 24.4 Å². The fourth-order valence-electron chi connectivity index (χ4n) is 3.28. The van der Waals surface area contributed by atoms with Gasteiger partial charge >= 0.3 is 0 Å². The Bertz CT molecular complexity index is 394. The molecule has 3 heterocycles. The number of piperazine rings is 1. The lowest BCUT2D eigenvalue weighted by molar-refractivity contribution is 0.129. The van der Waals surface area contributed by atoms with Crippen LogP contribution in [-0.4, -0.2) is 67.6 Å². The van der Waals surface area contributed by atoms with E-state index in [1.807, 2.05) is 53.8 Å². The van der Waals surface area contributed by atoms with E-state index in [9.17, 15) is 0 Å². The Morgan fingerprint density at radius 2 is 1.42 bits per heavy atom. The van der Waals surface area contributed by atoms with Crippen molar-refractivity contribution < 1.29 is 0 Å². The lowest BCUT2D eigenvalue weighted by atomic mass is 9.96. The molecule has 2 aliphatic rings. The molecule has 26 heavy (non-hydrogen) atoms. The molecule has 2 saturated heterocycles. The van der Waals surface area contributed by atoms with E-state index in [0.29, 0.717) is 0 Å². The van der Waals surface area contributed by atoms with E-state index in [2.05, 4.69) is 38.9 Å². The minimum Gasteiger partial charge on any atom is -0.357 e. The minimum atomic E-state index is 0.873. The summed E-state index contributed by atoms with van der Waals surface area (Å²) in [6.45, 7) is 20.6. The highest BCUT2D eigenvalue weighted by Crippen LogP contribution is 2.22. The number of rotatable bonds is 3. The molecule has 1 aromatic heterocycles. The third-order valence-corrected chi connectivity index (χ3v) is 4.70. The molecule has 0 aromatic carbocycles. The highest BCUT2D eigenvalue weighted by Gasteiger charge is 2.23. The summed E-state index contributed by atoms with van der Waals surface area (Å²) in [5.41, 5.74) is 0. The summed E-state index contributed by atoms with van der Waals surface area (Å²) < 4.78 is 0. The Kier molecular flexibility index (Phi) is 15.4. The second kappa shape index (κ2) is 16.1. The smallest absolute Gasteiger partial charge is 0.128 e. The Morgan fingerprint density at radius 1 is 0.846 bits per heavy atom. The van der Waals surface area contributed by atoms with Gasteiger partial charge in [0.2, 0.25) is 0 Å². The summed E-state index contributed by atoms with van der Waals surface area (Å²) in [4.78, 5) is 12.0. The normalized spacial score (nSPS) is 18.5. The van der Waals surface area contributed by atoms with Gasteiger partial charge in [-0.1, -0.05) is 47.6 Å². The molecule has 0 spiro atoms. The van der Waals surface area contributed by atoms with Crippen LogP contribution >= 0.6 is 0 Å². The molecule has 3 rings (SSSR count). The van der Waals surface area contributed by atoms with Crippen molar-refractivity contribution in [3.05, 3.63) is 24.4 Å². The van der Waals surface area contributed by atoms with Crippen molar-refractivity contribution in [1.29, 1.82) is 0 Å². The molecule has 4 nitrogen and oxygen atoms in total. The average molecular weight is 365 g/mol. The molecule has 0 atom stereocenters. The van der Waals surface area contributed by atoms with Crippen LogP contribution in [0, 0.1) is 5.92 Å². The topological polar surface area (TPSA) is 22.6 Å². The SMILES string of the molecule is CC.CC.CC.CN1CCN(CC2CCN(c3ccccn3)CC2)CC1. The molecule has 0 saturated carbocycles. The van der Waals surface area contributed by atoms with E-state index >= 15 is 0 Å². The zero-order chi connectivity index (χ0) is 19.8. The Labute approximate surface area is 163 Å². The van der Waals surface area contributed by atoms with Crippen molar-refractivity contribution >= 4 is 5.82 Å². The minimum absolute atomic E-state index is 0.873. The average Bonchev–Trinajstić information content (AvgIpc) is 2.75. The third-order valence-electron chi connectivity index (χ3n) is 4.70. The van der Waals surface area contributed by atoms with E-state index in [1.54, 1.807) is 0 Å². The van der Waals surface area contributed by atoms with Crippen molar-refractivity contribution in [1.82, 2.24) is 14.8 Å². The second-order valence-electron chi connectivity index (χ2n) is 6.22. The number of pyridine rings is 1. The number of anilines is 1. The van der Waals surface area contributed by atoms with Crippen LogP contribution in [0.25, 0.3) is 0 Å². The van der Waals surface area contributed by atoms with Gasteiger partial charge < -0.3 is 14.7 Å². The van der Waals surface area contributed by atoms with Gasteiger partial charge in [0.15, 0.2) is 0 Å². The molecule has 0 amide bonds. The standard InChI is InChI=1S/C16H26N4.3C2H6/c1-18-10-12-19(13-11-18)14-15-5-8-20(9-6-15)16-4-2-3-7-17-16;3*1-2/h2-4,7,15H,5-6,8-14H2,1H3;3*1-2H3. The Hall–Kier alpha value is -1.13. The van der Waals surface area contributed by atoms with Gasteiger partial charge in [-0.25, -0.2) is 4.98 Å². The number of hydrogen-bond donors (Lipinski definition) is 0. The van der Waals surface area contributed by atoms with Gasteiger partial charge in [-0.05, 0) is 37.9 Å². The van der Waals surface area contributed by atoms with Crippen LogP contribution in [0.5, 0.6) is 0 Å². The summed E-state index contributed by atoms with van der Waals surface area (Å²) in [6, 6.07) is 6.20. The summed E-state index contributed by atoms with van der Waals surface area (Å²) in [6.07, 6.45) is 4.51. The van der Waals surface area contributed by atoms with Crippen LogP contribution in [0.1, 0.15) is 54.4 Å². The summed E-state index contributed by atoms with van der Waals surface area (Å²) in [5, 5.41) is 0. The van der Waals surface area contributed by atoms with Crippen molar-refractivity contribution in [3.63, 3.8) is 0 Å². The van der Waals surface area contributed by atoms with Gasteiger partial charge in [-0.15, -0.1) is 0 Å². The molecule has 0 unspecified atom stereocenters. The fourth-order valence-corrected chi connectivity index (χ4v) is 3.28. The molecule has 0 N–H and O–H groups in total. The van der Waals surface area contributed by atoms with Crippen LogP contribution < -0.4 is 4.90 Å². The largest absolute Gasteiger partial charge is 0.357 e. The first-order valence-corrected chi connectivity index (χ1v) is 10.9. The van der Waals surface area contributed by atoms with Gasteiger partial charge in [0.1, 0.15) is 5.82 Å². The summed E-state index contributed by atoms with van der Waals surface area (Å²) in [7, 11) is 2.22. The van der Waals surface area contributed by atoms with Gasteiger partial charge in [0, 0.05) is 52.0 Å². The van der Waals surface area contributed by atoms with Gasteiger partial charge in [-0.3, -0.25) is 0 Å². The molecule has 2 fully saturated rings. The first kappa shape index (κ1) is 24.9. The zero-order valence-electron chi connectivity index (χ0n) is 18.5. The number of aromatic nitrogens is 1. The van der Waals surface area contributed by atoms with E-state index in [1.165, 1.54) is 45.6 Å². The maximum absolute atomic E-state index is 4.46. The maximum Gasteiger partial charge on any atom is 0.128 e. The number of nitrogens with zero attached hydrogens (tertiary/aromatic N) is 4. The predicted molar refractivity (Wildman–Crippen MR) is 117 cm³/mol.